The molecule has 24 heavy (non-hydrogen) atoms. The fourth-order valence-electron chi connectivity index (χ4n) is 1.99. The maximum absolute atomic E-state index is 12.4. The van der Waals surface area contributed by atoms with Crippen molar-refractivity contribution in [3.63, 3.8) is 0 Å². The van der Waals surface area contributed by atoms with Gasteiger partial charge in [0.15, 0.2) is 5.16 Å². The smallest absolute Gasteiger partial charge is 0.237 e. The second-order valence-corrected chi connectivity index (χ2v) is 7.12. The molecule has 0 unspecified atom stereocenters. The van der Waals surface area contributed by atoms with Gasteiger partial charge in [0.05, 0.1) is 17.4 Å². The Hall–Kier alpha value is -1.79. The Morgan fingerprint density at radius 2 is 1.88 bits per heavy atom. The summed E-state index contributed by atoms with van der Waals surface area (Å²) < 4.78 is 5.10. The minimum atomic E-state index is -0.340. The van der Waals surface area contributed by atoms with E-state index in [4.69, 9.17) is 16.3 Å². The molecule has 0 spiro atoms. The number of rotatable bonds is 5. The highest BCUT2D eigenvalue weighted by Crippen LogP contribution is 2.28. The molecule has 1 heterocycles. The Morgan fingerprint density at radius 3 is 2.42 bits per heavy atom. The Balaban J connectivity index is 2.06. The summed E-state index contributed by atoms with van der Waals surface area (Å²) in [6.45, 7) is 7.69. The zero-order valence-electron chi connectivity index (χ0n) is 14.3. The third kappa shape index (κ3) is 4.39. The van der Waals surface area contributed by atoms with Crippen molar-refractivity contribution in [2.24, 2.45) is 0 Å². The van der Waals surface area contributed by atoms with Crippen LogP contribution in [-0.2, 0) is 4.79 Å². The Kier molecular flexibility index (Phi) is 6.07. The number of anilines is 1. The number of benzene rings is 1. The van der Waals surface area contributed by atoms with E-state index in [2.05, 4.69) is 15.3 Å². The highest BCUT2D eigenvalue weighted by molar-refractivity contribution is 8.00. The fourth-order valence-corrected chi connectivity index (χ4v) is 3.11. The van der Waals surface area contributed by atoms with Crippen molar-refractivity contribution in [2.45, 2.75) is 38.1 Å². The molecular formula is C17H20ClN3O2S. The maximum atomic E-state index is 12.4. The molecule has 2 aromatic rings. The molecule has 0 bridgehead atoms. The average Bonchev–Trinajstić information content (AvgIpc) is 2.52. The quantitative estimate of drug-likeness (QED) is 0.636. The molecule has 0 radical (unpaired) electrons. The van der Waals surface area contributed by atoms with E-state index in [1.165, 1.54) is 11.8 Å². The van der Waals surface area contributed by atoms with Gasteiger partial charge in [0, 0.05) is 17.1 Å². The van der Waals surface area contributed by atoms with Crippen molar-refractivity contribution < 1.29 is 9.53 Å². The number of carbonyl (C=O) groups is 1. The molecule has 1 aromatic carbocycles. The molecule has 5 nitrogen and oxygen atoms in total. The van der Waals surface area contributed by atoms with Crippen LogP contribution in [0.4, 0.5) is 5.69 Å². The normalized spacial score (nSPS) is 11.9. The van der Waals surface area contributed by atoms with Crippen molar-refractivity contribution in [1.82, 2.24) is 9.97 Å². The van der Waals surface area contributed by atoms with Crippen LogP contribution >= 0.6 is 23.4 Å². The first kappa shape index (κ1) is 18.5. The molecule has 0 saturated heterocycles. The molecule has 7 heteroatoms. The lowest BCUT2D eigenvalue weighted by Crippen LogP contribution is -2.22. The summed E-state index contributed by atoms with van der Waals surface area (Å²) in [7, 11) is 1.55. The van der Waals surface area contributed by atoms with Crippen molar-refractivity contribution in [1.29, 1.82) is 0 Å². The van der Waals surface area contributed by atoms with Crippen LogP contribution in [0.2, 0.25) is 5.02 Å². The number of thioether (sulfide) groups is 1. The third-order valence-electron chi connectivity index (χ3n) is 3.68. The van der Waals surface area contributed by atoms with Crippen molar-refractivity contribution in [3.8, 4) is 5.75 Å². The van der Waals surface area contributed by atoms with Gasteiger partial charge in [-0.25, -0.2) is 9.97 Å². The van der Waals surface area contributed by atoms with E-state index in [-0.39, 0.29) is 11.2 Å². The van der Waals surface area contributed by atoms with Gasteiger partial charge in [-0.1, -0.05) is 23.4 Å². The molecule has 128 valence electrons. The van der Waals surface area contributed by atoms with Gasteiger partial charge >= 0.3 is 0 Å². The van der Waals surface area contributed by atoms with Gasteiger partial charge < -0.3 is 10.1 Å². The lowest BCUT2D eigenvalue weighted by Gasteiger charge is -2.13. The summed E-state index contributed by atoms with van der Waals surface area (Å²) in [4.78, 5) is 21.2. The second-order valence-electron chi connectivity index (χ2n) is 5.40. The number of ether oxygens (including phenoxy) is 1. The topological polar surface area (TPSA) is 64.1 Å². The van der Waals surface area contributed by atoms with Crippen LogP contribution in [0.25, 0.3) is 0 Å². The summed E-state index contributed by atoms with van der Waals surface area (Å²) in [5, 5.41) is 3.55. The first-order chi connectivity index (χ1) is 11.3. The lowest BCUT2D eigenvalue weighted by atomic mass is 10.2. The average molecular weight is 366 g/mol. The molecule has 0 fully saturated rings. The minimum absolute atomic E-state index is 0.138. The number of hydrogen-bond acceptors (Lipinski definition) is 5. The number of halogens is 1. The fraction of sp³-hybridized carbons (Fsp3) is 0.353. The van der Waals surface area contributed by atoms with Crippen LogP contribution in [0.5, 0.6) is 5.75 Å². The predicted octanol–water partition coefficient (Wildman–Crippen LogP) is 4.18. The predicted molar refractivity (Wildman–Crippen MR) is 98.2 cm³/mol. The first-order valence-corrected chi connectivity index (χ1v) is 8.70. The van der Waals surface area contributed by atoms with Gasteiger partial charge in [-0.2, -0.15) is 0 Å². The van der Waals surface area contributed by atoms with Gasteiger partial charge in [-0.15, -0.1) is 0 Å². The summed E-state index contributed by atoms with van der Waals surface area (Å²) in [6, 6.07) is 5.12. The molecule has 1 atom stereocenters. The van der Waals surface area contributed by atoms with Gasteiger partial charge in [-0.3, -0.25) is 4.79 Å². The number of amides is 1. The van der Waals surface area contributed by atoms with Crippen molar-refractivity contribution in [3.05, 3.63) is 40.2 Å². The number of carbonyl (C=O) groups excluding carboxylic acids is 1. The van der Waals surface area contributed by atoms with E-state index in [0.29, 0.717) is 21.6 Å². The summed E-state index contributed by atoms with van der Waals surface area (Å²) in [5.41, 5.74) is 3.55. The van der Waals surface area contributed by atoms with Crippen LogP contribution < -0.4 is 10.1 Å². The van der Waals surface area contributed by atoms with Gasteiger partial charge in [0.1, 0.15) is 5.75 Å². The number of aryl methyl sites for hydroxylation is 2. The third-order valence-corrected chi connectivity index (χ3v) is 4.94. The molecule has 0 aliphatic rings. The molecule has 2 rings (SSSR count). The Bertz CT molecular complexity index is 744. The molecule has 0 saturated carbocycles. The molecule has 1 aromatic heterocycles. The van der Waals surface area contributed by atoms with Crippen LogP contribution in [-0.4, -0.2) is 28.2 Å². The standard InChI is InChI=1S/C17H20ClN3O2S/c1-9-10(2)19-17(20-11(9)3)24-12(4)16(22)21-13-6-7-15(23-5)14(18)8-13/h6-8,12H,1-5H3,(H,21,22)/t12-/m1/s1. The molecule has 0 aliphatic carbocycles. The SMILES string of the molecule is COc1ccc(NC(=O)[C@@H](C)Sc2nc(C)c(C)c(C)n2)cc1Cl. The zero-order valence-corrected chi connectivity index (χ0v) is 15.9. The highest BCUT2D eigenvalue weighted by Gasteiger charge is 2.17. The highest BCUT2D eigenvalue weighted by atomic mass is 35.5. The number of methoxy groups -OCH3 is 1. The van der Waals surface area contributed by atoms with E-state index in [1.807, 2.05) is 27.7 Å². The lowest BCUT2D eigenvalue weighted by molar-refractivity contribution is -0.115. The second kappa shape index (κ2) is 7.85. The minimum Gasteiger partial charge on any atom is -0.495 e. The van der Waals surface area contributed by atoms with Gasteiger partial charge in [0.25, 0.3) is 0 Å². The van der Waals surface area contributed by atoms with E-state index >= 15 is 0 Å². The van der Waals surface area contributed by atoms with Crippen molar-refractivity contribution in [2.75, 3.05) is 12.4 Å². The van der Waals surface area contributed by atoms with Gasteiger partial charge in [0.2, 0.25) is 5.91 Å². The van der Waals surface area contributed by atoms with E-state index in [9.17, 15) is 4.79 Å². The van der Waals surface area contributed by atoms with Crippen LogP contribution in [0, 0.1) is 20.8 Å². The summed E-state index contributed by atoms with van der Waals surface area (Å²) in [5.74, 6) is 0.428. The van der Waals surface area contributed by atoms with Crippen LogP contribution in [0.3, 0.4) is 0 Å². The number of aromatic nitrogens is 2. The summed E-state index contributed by atoms with van der Waals surface area (Å²) >= 11 is 7.40. The first-order valence-electron chi connectivity index (χ1n) is 7.44. The number of hydrogen-bond donors (Lipinski definition) is 1. The largest absolute Gasteiger partial charge is 0.495 e. The maximum Gasteiger partial charge on any atom is 0.237 e. The van der Waals surface area contributed by atoms with Crippen LogP contribution in [0.1, 0.15) is 23.9 Å². The Morgan fingerprint density at radius 1 is 1.25 bits per heavy atom. The molecule has 0 aliphatic heterocycles. The monoisotopic (exact) mass is 365 g/mol. The van der Waals surface area contributed by atoms with Gasteiger partial charge in [-0.05, 0) is 51.5 Å². The van der Waals surface area contributed by atoms with E-state index in [0.717, 1.165) is 17.0 Å². The number of nitrogens with one attached hydrogen (secondary N) is 1. The zero-order chi connectivity index (χ0) is 17.9. The molecule has 1 N–H and O–H groups in total. The van der Waals surface area contributed by atoms with E-state index in [1.54, 1.807) is 25.3 Å². The summed E-state index contributed by atoms with van der Waals surface area (Å²) in [6.07, 6.45) is 0. The van der Waals surface area contributed by atoms with Crippen LogP contribution in [0.15, 0.2) is 23.4 Å². The van der Waals surface area contributed by atoms with E-state index < -0.39 is 0 Å². The number of nitrogens with zero attached hydrogens (tertiary/aromatic N) is 2. The molecule has 1 amide bonds. The molecular weight excluding hydrogens is 346 g/mol. The Labute approximate surface area is 151 Å². The van der Waals surface area contributed by atoms with Crippen molar-refractivity contribution >= 4 is 35.0 Å².